The number of rotatable bonds is 5. The second-order valence-corrected chi connectivity index (χ2v) is 6.77. The number of likely N-dealkylation sites (tertiary alicyclic amines) is 1. The van der Waals surface area contributed by atoms with Crippen LogP contribution in [-0.2, 0) is 4.79 Å². The summed E-state index contributed by atoms with van der Waals surface area (Å²) in [6, 6.07) is 7.63. The van der Waals surface area contributed by atoms with Gasteiger partial charge in [-0.1, -0.05) is 6.07 Å². The van der Waals surface area contributed by atoms with Crippen LogP contribution in [0.1, 0.15) is 11.3 Å². The minimum atomic E-state index is -0.0383. The van der Waals surface area contributed by atoms with E-state index in [2.05, 4.69) is 10.2 Å². The molecule has 0 bridgehead atoms. The van der Waals surface area contributed by atoms with Gasteiger partial charge in [0.25, 0.3) is 0 Å². The lowest BCUT2D eigenvalue weighted by molar-refractivity contribution is -0.125. The minimum Gasteiger partial charge on any atom is -0.471 e. The normalized spacial score (nSPS) is 17.4. The zero-order valence-electron chi connectivity index (χ0n) is 13.8. The molecule has 1 aliphatic rings. The maximum absolute atomic E-state index is 12.2. The number of amides is 1. The Labute approximate surface area is 145 Å². The highest BCUT2D eigenvalue weighted by Crippen LogP contribution is 2.18. The molecule has 0 aliphatic carbocycles. The van der Waals surface area contributed by atoms with Crippen LogP contribution in [0.15, 0.2) is 35.7 Å². The highest BCUT2D eigenvalue weighted by Gasteiger charge is 2.26. The van der Waals surface area contributed by atoms with Gasteiger partial charge in [-0.25, -0.2) is 0 Å². The van der Waals surface area contributed by atoms with Gasteiger partial charge < -0.3 is 14.5 Å². The van der Waals surface area contributed by atoms with Gasteiger partial charge in [0, 0.05) is 44.1 Å². The van der Waals surface area contributed by atoms with Gasteiger partial charge >= 0.3 is 0 Å². The van der Waals surface area contributed by atoms with Gasteiger partial charge in [0.05, 0.1) is 6.54 Å². The molecule has 1 saturated heterocycles. The molecule has 3 rings (SSSR count). The highest BCUT2D eigenvalue weighted by atomic mass is 32.1. The van der Waals surface area contributed by atoms with E-state index in [0.717, 1.165) is 17.1 Å². The van der Waals surface area contributed by atoms with Crippen LogP contribution < -0.4 is 9.64 Å². The maximum atomic E-state index is 12.2. The molecule has 6 nitrogen and oxygen atoms in total. The van der Waals surface area contributed by atoms with Crippen molar-refractivity contribution >= 4 is 29.1 Å². The molecule has 2 aromatic rings. The summed E-state index contributed by atoms with van der Waals surface area (Å²) in [6.45, 7) is 1.27. The van der Waals surface area contributed by atoms with E-state index in [-0.39, 0.29) is 12.0 Å². The van der Waals surface area contributed by atoms with Crippen molar-refractivity contribution in [2.45, 2.75) is 12.5 Å². The van der Waals surface area contributed by atoms with Gasteiger partial charge in [-0.2, -0.15) is 0 Å². The van der Waals surface area contributed by atoms with E-state index < -0.39 is 0 Å². The first-order valence-corrected chi connectivity index (χ1v) is 8.68. The maximum Gasteiger partial charge on any atom is 0.246 e. The molecule has 3 heterocycles. The summed E-state index contributed by atoms with van der Waals surface area (Å²) in [5.41, 5.74) is 0. The van der Waals surface area contributed by atoms with E-state index in [4.69, 9.17) is 4.74 Å². The molecule has 0 unspecified atom stereocenters. The van der Waals surface area contributed by atoms with E-state index in [1.54, 1.807) is 22.3 Å². The van der Waals surface area contributed by atoms with Crippen LogP contribution in [0.25, 0.3) is 6.08 Å². The average molecular weight is 344 g/mol. The molecule has 24 heavy (non-hydrogen) atoms. The lowest BCUT2D eigenvalue weighted by Crippen LogP contribution is -2.29. The number of anilines is 1. The number of thiophene rings is 1. The summed E-state index contributed by atoms with van der Waals surface area (Å²) in [7, 11) is 3.82. The fraction of sp³-hybridized carbons (Fsp3) is 0.353. The van der Waals surface area contributed by atoms with E-state index in [1.165, 1.54) is 0 Å². The van der Waals surface area contributed by atoms with Gasteiger partial charge in [-0.3, -0.25) is 4.79 Å². The molecule has 0 radical (unpaired) electrons. The minimum absolute atomic E-state index is 0.0172. The third-order valence-corrected chi connectivity index (χ3v) is 4.60. The molecule has 2 aromatic heterocycles. The van der Waals surface area contributed by atoms with E-state index >= 15 is 0 Å². The molecule has 0 N–H and O–H groups in total. The van der Waals surface area contributed by atoms with Crippen LogP contribution >= 0.6 is 11.3 Å². The first-order valence-electron chi connectivity index (χ1n) is 7.80. The SMILES string of the molecule is CN(C)c1ccc(O[C@H]2CCN(C(=O)/C=C/c3cccs3)C2)nn1. The molecule has 1 atom stereocenters. The fourth-order valence-corrected chi connectivity index (χ4v) is 3.07. The number of carbonyl (C=O) groups excluding carboxylic acids is 1. The monoisotopic (exact) mass is 344 g/mol. The fourth-order valence-electron chi connectivity index (χ4n) is 2.45. The third-order valence-electron chi connectivity index (χ3n) is 3.76. The molecule has 126 valence electrons. The first-order chi connectivity index (χ1) is 11.6. The van der Waals surface area contributed by atoms with Crippen molar-refractivity contribution in [3.8, 4) is 5.88 Å². The van der Waals surface area contributed by atoms with E-state index in [0.29, 0.717) is 19.0 Å². The smallest absolute Gasteiger partial charge is 0.246 e. The van der Waals surface area contributed by atoms with Crippen LogP contribution in [0.4, 0.5) is 5.82 Å². The summed E-state index contributed by atoms with van der Waals surface area (Å²) in [5.74, 6) is 1.29. The highest BCUT2D eigenvalue weighted by molar-refractivity contribution is 7.10. The summed E-state index contributed by atoms with van der Waals surface area (Å²) in [6.07, 6.45) is 4.24. The Morgan fingerprint density at radius 2 is 2.25 bits per heavy atom. The Kier molecular flexibility index (Phi) is 5.10. The molecule has 7 heteroatoms. The van der Waals surface area contributed by atoms with E-state index in [1.807, 2.05) is 54.7 Å². The zero-order chi connectivity index (χ0) is 16.9. The van der Waals surface area contributed by atoms with Crippen molar-refractivity contribution in [3.63, 3.8) is 0 Å². The number of hydrogen-bond donors (Lipinski definition) is 0. The van der Waals surface area contributed by atoms with Crippen LogP contribution in [0.3, 0.4) is 0 Å². The summed E-state index contributed by atoms with van der Waals surface area (Å²) in [4.78, 5) is 17.0. The van der Waals surface area contributed by atoms with Crippen LogP contribution in [0.5, 0.6) is 5.88 Å². The van der Waals surface area contributed by atoms with Crippen molar-refractivity contribution in [2.24, 2.45) is 0 Å². The average Bonchev–Trinajstić information content (AvgIpc) is 3.25. The lowest BCUT2D eigenvalue weighted by Gasteiger charge is -2.15. The number of carbonyl (C=O) groups is 1. The van der Waals surface area contributed by atoms with Gasteiger partial charge in [0.15, 0.2) is 5.82 Å². The number of nitrogens with zero attached hydrogens (tertiary/aromatic N) is 4. The Morgan fingerprint density at radius 3 is 2.92 bits per heavy atom. The standard InChI is InChI=1S/C17H20N4O2S/c1-20(2)15-6-7-16(19-18-15)23-13-9-10-21(12-13)17(22)8-5-14-4-3-11-24-14/h3-8,11,13H,9-10,12H2,1-2H3/b8-5+/t13-/m0/s1. The van der Waals surface area contributed by atoms with Gasteiger partial charge in [-0.15, -0.1) is 21.5 Å². The third kappa shape index (κ3) is 4.11. The van der Waals surface area contributed by atoms with E-state index in [9.17, 15) is 4.79 Å². The van der Waals surface area contributed by atoms with Gasteiger partial charge in [0.2, 0.25) is 11.8 Å². The number of aromatic nitrogens is 2. The first kappa shape index (κ1) is 16.4. The van der Waals surface area contributed by atoms with Crippen molar-refractivity contribution < 1.29 is 9.53 Å². The predicted octanol–water partition coefficient (Wildman–Crippen LogP) is 2.30. The second kappa shape index (κ2) is 7.44. The Hall–Kier alpha value is -2.41. The van der Waals surface area contributed by atoms with Crippen LogP contribution in [-0.4, -0.2) is 54.3 Å². The number of ether oxygens (including phenoxy) is 1. The predicted molar refractivity (Wildman–Crippen MR) is 95.3 cm³/mol. The largest absolute Gasteiger partial charge is 0.471 e. The molecule has 0 saturated carbocycles. The molecule has 0 spiro atoms. The molecule has 1 fully saturated rings. The molecular weight excluding hydrogens is 324 g/mol. The Balaban J connectivity index is 1.52. The quantitative estimate of drug-likeness (QED) is 0.779. The van der Waals surface area contributed by atoms with Crippen molar-refractivity contribution in [1.82, 2.24) is 15.1 Å². The van der Waals surface area contributed by atoms with Gasteiger partial charge in [0.1, 0.15) is 6.10 Å². The number of hydrogen-bond acceptors (Lipinski definition) is 6. The second-order valence-electron chi connectivity index (χ2n) is 5.79. The van der Waals surface area contributed by atoms with Gasteiger partial charge in [-0.05, 0) is 23.6 Å². The van der Waals surface area contributed by atoms with Crippen LogP contribution in [0, 0.1) is 0 Å². The van der Waals surface area contributed by atoms with Crippen molar-refractivity contribution in [1.29, 1.82) is 0 Å². The van der Waals surface area contributed by atoms with Crippen molar-refractivity contribution in [3.05, 3.63) is 40.6 Å². The Bertz CT molecular complexity index is 698. The zero-order valence-corrected chi connectivity index (χ0v) is 14.6. The topological polar surface area (TPSA) is 58.6 Å². The molecule has 1 aliphatic heterocycles. The summed E-state index contributed by atoms with van der Waals surface area (Å²) >= 11 is 1.61. The molecule has 0 aromatic carbocycles. The Morgan fingerprint density at radius 1 is 1.38 bits per heavy atom. The van der Waals surface area contributed by atoms with Crippen LogP contribution in [0.2, 0.25) is 0 Å². The molecule has 1 amide bonds. The van der Waals surface area contributed by atoms with Crippen molar-refractivity contribution in [2.75, 3.05) is 32.1 Å². The molecular formula is C17H20N4O2S. The summed E-state index contributed by atoms with van der Waals surface area (Å²) < 4.78 is 5.83. The summed E-state index contributed by atoms with van der Waals surface area (Å²) in [5, 5.41) is 10.2. The lowest BCUT2D eigenvalue weighted by atomic mass is 10.3.